The summed E-state index contributed by atoms with van der Waals surface area (Å²) in [6, 6.07) is 6.39. The summed E-state index contributed by atoms with van der Waals surface area (Å²) in [5, 5.41) is 3.22. The first-order chi connectivity index (χ1) is 8.16. The number of nitrogens with zero attached hydrogens (tertiary/aromatic N) is 1. The smallest absolute Gasteiger partial charge is 0.145 e. The molecule has 2 rings (SSSR count). The largest absolute Gasteiger partial charge is 0.485 e. The highest BCUT2D eigenvalue weighted by atomic mass is 35.5. The standard InChI is InChI=1S/C14H20N2O.ClH/c1-10(2)12-5-4-11(3)8-13(12)17-9-14-15-6-7-16-14;/h4-5,8,10H,6-7,9H2,1-3H3,(H,15,16);1H. The third-order valence-corrected chi connectivity index (χ3v) is 2.90. The summed E-state index contributed by atoms with van der Waals surface area (Å²) in [7, 11) is 0. The van der Waals surface area contributed by atoms with Gasteiger partial charge in [0.1, 0.15) is 18.2 Å². The minimum Gasteiger partial charge on any atom is -0.485 e. The van der Waals surface area contributed by atoms with Crippen LogP contribution in [0.3, 0.4) is 0 Å². The average molecular weight is 269 g/mol. The summed E-state index contributed by atoms with van der Waals surface area (Å²) in [4.78, 5) is 4.33. The predicted molar refractivity (Wildman–Crippen MR) is 78.3 cm³/mol. The second kappa shape index (κ2) is 6.64. The zero-order valence-corrected chi connectivity index (χ0v) is 12.0. The van der Waals surface area contributed by atoms with Crippen LogP contribution in [0.4, 0.5) is 0 Å². The van der Waals surface area contributed by atoms with Crippen LogP contribution in [0.1, 0.15) is 30.9 Å². The molecule has 3 nitrogen and oxygen atoms in total. The van der Waals surface area contributed by atoms with Gasteiger partial charge in [0.15, 0.2) is 0 Å². The van der Waals surface area contributed by atoms with E-state index in [1.807, 2.05) is 0 Å². The van der Waals surface area contributed by atoms with Gasteiger partial charge in [-0.3, -0.25) is 4.99 Å². The Bertz CT molecular complexity index is 430. The van der Waals surface area contributed by atoms with Crippen LogP contribution in [0.5, 0.6) is 5.75 Å². The molecule has 0 radical (unpaired) electrons. The van der Waals surface area contributed by atoms with Crippen LogP contribution >= 0.6 is 12.4 Å². The van der Waals surface area contributed by atoms with Crippen molar-refractivity contribution in [2.75, 3.05) is 19.7 Å². The quantitative estimate of drug-likeness (QED) is 0.911. The van der Waals surface area contributed by atoms with Crippen LogP contribution in [0.15, 0.2) is 23.2 Å². The number of rotatable bonds is 4. The summed E-state index contributed by atoms with van der Waals surface area (Å²) in [6.07, 6.45) is 0. The number of ether oxygens (including phenoxy) is 1. The molecule has 0 saturated heterocycles. The number of hydrogen-bond donors (Lipinski definition) is 1. The van der Waals surface area contributed by atoms with Gasteiger partial charge in [0.2, 0.25) is 0 Å². The molecular formula is C14H21ClN2O. The topological polar surface area (TPSA) is 33.6 Å². The summed E-state index contributed by atoms with van der Waals surface area (Å²) < 4.78 is 5.87. The Hall–Kier alpha value is -1.22. The van der Waals surface area contributed by atoms with Crippen molar-refractivity contribution in [1.82, 2.24) is 5.32 Å². The number of benzene rings is 1. The van der Waals surface area contributed by atoms with Crippen LogP contribution in [0, 0.1) is 6.92 Å². The summed E-state index contributed by atoms with van der Waals surface area (Å²) in [6.45, 7) is 8.80. The van der Waals surface area contributed by atoms with Gasteiger partial charge in [-0.1, -0.05) is 26.0 Å². The molecule has 18 heavy (non-hydrogen) atoms. The average Bonchev–Trinajstić information content (AvgIpc) is 2.78. The fraction of sp³-hybridized carbons (Fsp3) is 0.500. The van der Waals surface area contributed by atoms with Gasteiger partial charge in [-0.15, -0.1) is 12.4 Å². The van der Waals surface area contributed by atoms with Gasteiger partial charge in [-0.2, -0.15) is 0 Å². The molecular weight excluding hydrogens is 248 g/mol. The minimum atomic E-state index is 0. The van der Waals surface area contributed by atoms with E-state index < -0.39 is 0 Å². The monoisotopic (exact) mass is 268 g/mol. The first-order valence-corrected chi connectivity index (χ1v) is 6.17. The lowest BCUT2D eigenvalue weighted by Gasteiger charge is -2.14. The van der Waals surface area contributed by atoms with Crippen molar-refractivity contribution in [3.05, 3.63) is 29.3 Å². The van der Waals surface area contributed by atoms with Crippen LogP contribution in [0.25, 0.3) is 0 Å². The van der Waals surface area contributed by atoms with E-state index in [1.165, 1.54) is 11.1 Å². The summed E-state index contributed by atoms with van der Waals surface area (Å²) in [5.74, 6) is 2.42. The molecule has 0 aliphatic carbocycles. The van der Waals surface area contributed by atoms with E-state index in [0.717, 1.165) is 24.7 Å². The van der Waals surface area contributed by atoms with Crippen molar-refractivity contribution in [3.63, 3.8) is 0 Å². The second-order valence-electron chi connectivity index (χ2n) is 4.74. The maximum atomic E-state index is 5.87. The molecule has 0 amide bonds. The van der Waals surface area contributed by atoms with E-state index in [2.05, 4.69) is 49.3 Å². The van der Waals surface area contributed by atoms with Crippen molar-refractivity contribution in [2.24, 2.45) is 4.99 Å². The van der Waals surface area contributed by atoms with Gasteiger partial charge < -0.3 is 10.1 Å². The molecule has 100 valence electrons. The highest BCUT2D eigenvalue weighted by molar-refractivity contribution is 5.85. The molecule has 1 aliphatic rings. The Morgan fingerprint density at radius 2 is 2.17 bits per heavy atom. The summed E-state index contributed by atoms with van der Waals surface area (Å²) in [5.41, 5.74) is 2.49. The Balaban J connectivity index is 0.00000162. The van der Waals surface area contributed by atoms with E-state index in [0.29, 0.717) is 12.5 Å². The lowest BCUT2D eigenvalue weighted by Crippen LogP contribution is -2.25. The Kier molecular flexibility index (Phi) is 5.48. The molecule has 0 spiro atoms. The maximum Gasteiger partial charge on any atom is 0.145 e. The molecule has 0 aromatic heterocycles. The van der Waals surface area contributed by atoms with Crippen molar-refractivity contribution >= 4 is 18.2 Å². The Morgan fingerprint density at radius 3 is 2.78 bits per heavy atom. The molecule has 1 aliphatic heterocycles. The van der Waals surface area contributed by atoms with Gasteiger partial charge in [-0.25, -0.2) is 0 Å². The van der Waals surface area contributed by atoms with E-state index >= 15 is 0 Å². The molecule has 1 N–H and O–H groups in total. The molecule has 0 bridgehead atoms. The van der Waals surface area contributed by atoms with Gasteiger partial charge in [0.05, 0.1) is 6.54 Å². The van der Waals surface area contributed by atoms with E-state index in [1.54, 1.807) is 0 Å². The fourth-order valence-electron chi connectivity index (χ4n) is 1.93. The van der Waals surface area contributed by atoms with E-state index in [-0.39, 0.29) is 12.4 Å². The molecule has 0 atom stereocenters. The molecule has 1 heterocycles. The van der Waals surface area contributed by atoms with Crippen molar-refractivity contribution < 1.29 is 4.74 Å². The Morgan fingerprint density at radius 1 is 1.39 bits per heavy atom. The van der Waals surface area contributed by atoms with Crippen LogP contribution in [-0.4, -0.2) is 25.5 Å². The molecule has 0 saturated carbocycles. The predicted octanol–water partition coefficient (Wildman–Crippen LogP) is 2.92. The first kappa shape index (κ1) is 14.8. The fourth-order valence-corrected chi connectivity index (χ4v) is 1.93. The molecule has 1 aromatic rings. The highest BCUT2D eigenvalue weighted by Crippen LogP contribution is 2.27. The first-order valence-electron chi connectivity index (χ1n) is 6.17. The zero-order chi connectivity index (χ0) is 12.3. The number of halogens is 1. The van der Waals surface area contributed by atoms with Gasteiger partial charge in [0, 0.05) is 6.54 Å². The third kappa shape index (κ3) is 3.64. The van der Waals surface area contributed by atoms with Gasteiger partial charge in [0.25, 0.3) is 0 Å². The van der Waals surface area contributed by atoms with Crippen LogP contribution < -0.4 is 10.1 Å². The van der Waals surface area contributed by atoms with Crippen molar-refractivity contribution in [3.8, 4) is 5.75 Å². The third-order valence-electron chi connectivity index (χ3n) is 2.90. The van der Waals surface area contributed by atoms with Crippen LogP contribution in [-0.2, 0) is 0 Å². The lowest BCUT2D eigenvalue weighted by molar-refractivity contribution is 0.367. The van der Waals surface area contributed by atoms with E-state index in [9.17, 15) is 0 Å². The number of aryl methyl sites for hydroxylation is 1. The second-order valence-corrected chi connectivity index (χ2v) is 4.74. The minimum absolute atomic E-state index is 0. The number of aliphatic imine (C=N–C) groups is 1. The Labute approximate surface area is 115 Å². The number of nitrogens with one attached hydrogen (secondary N) is 1. The number of amidine groups is 1. The van der Waals surface area contributed by atoms with Gasteiger partial charge >= 0.3 is 0 Å². The normalized spacial score (nSPS) is 13.9. The van der Waals surface area contributed by atoms with Crippen molar-refractivity contribution in [2.45, 2.75) is 26.7 Å². The SMILES string of the molecule is Cc1ccc(C(C)C)c(OCC2=NCCN2)c1.Cl. The molecule has 0 unspecified atom stereocenters. The molecule has 1 aromatic carbocycles. The molecule has 0 fully saturated rings. The zero-order valence-electron chi connectivity index (χ0n) is 11.2. The molecule has 4 heteroatoms. The van der Waals surface area contributed by atoms with Crippen molar-refractivity contribution in [1.29, 1.82) is 0 Å². The highest BCUT2D eigenvalue weighted by Gasteiger charge is 2.10. The summed E-state index contributed by atoms with van der Waals surface area (Å²) >= 11 is 0. The number of hydrogen-bond acceptors (Lipinski definition) is 3. The van der Waals surface area contributed by atoms with E-state index in [4.69, 9.17) is 4.74 Å². The van der Waals surface area contributed by atoms with Gasteiger partial charge in [-0.05, 0) is 30.0 Å². The lowest BCUT2D eigenvalue weighted by atomic mass is 10.0. The van der Waals surface area contributed by atoms with Crippen LogP contribution in [0.2, 0.25) is 0 Å². The maximum absolute atomic E-state index is 5.87.